The highest BCUT2D eigenvalue weighted by Crippen LogP contribution is 2.18. The van der Waals surface area contributed by atoms with Gasteiger partial charge in [0.25, 0.3) is 0 Å². The summed E-state index contributed by atoms with van der Waals surface area (Å²) in [5.74, 6) is 0.353. The van der Waals surface area contributed by atoms with Crippen LogP contribution in [0.5, 0.6) is 0 Å². The van der Waals surface area contributed by atoms with Crippen LogP contribution < -0.4 is 0 Å². The molecule has 18 heavy (non-hydrogen) atoms. The third kappa shape index (κ3) is 5.49. The maximum atomic E-state index is 12.0. The van der Waals surface area contributed by atoms with Gasteiger partial charge >= 0.3 is 0 Å². The van der Waals surface area contributed by atoms with Gasteiger partial charge in [0.1, 0.15) is 0 Å². The highest BCUT2D eigenvalue weighted by atomic mass is 16.1. The number of Topliss-reactive ketones (excluding diaryl/α,β-unsaturated/α-hetero) is 1. The van der Waals surface area contributed by atoms with Crippen LogP contribution in [0.25, 0.3) is 0 Å². The molecule has 3 heteroatoms. The maximum Gasteiger partial charge on any atom is 0.152 e. The van der Waals surface area contributed by atoms with E-state index in [1.54, 1.807) is 0 Å². The summed E-state index contributed by atoms with van der Waals surface area (Å²) >= 11 is 0. The lowest BCUT2D eigenvalue weighted by Gasteiger charge is -2.38. The monoisotopic (exact) mass is 254 g/mol. The average Bonchev–Trinajstić information content (AvgIpc) is 2.17. The van der Waals surface area contributed by atoms with Gasteiger partial charge in [0.2, 0.25) is 0 Å². The summed E-state index contributed by atoms with van der Waals surface area (Å²) in [6.07, 6.45) is 0. The van der Waals surface area contributed by atoms with E-state index in [1.165, 1.54) is 0 Å². The zero-order chi connectivity index (χ0) is 14.0. The van der Waals surface area contributed by atoms with E-state index in [9.17, 15) is 4.79 Å². The lowest BCUT2D eigenvalue weighted by molar-refractivity contribution is -0.127. The third-order valence-corrected chi connectivity index (χ3v) is 3.37. The first kappa shape index (κ1) is 15.6. The first-order valence-corrected chi connectivity index (χ1v) is 7.06. The molecule has 0 unspecified atom stereocenters. The molecule has 1 aliphatic heterocycles. The van der Waals surface area contributed by atoms with Crippen LogP contribution in [0.3, 0.4) is 0 Å². The van der Waals surface area contributed by atoms with Gasteiger partial charge in [0.05, 0.1) is 6.54 Å². The fraction of sp³-hybridized carbons (Fsp3) is 0.933. The molecule has 0 aromatic carbocycles. The zero-order valence-corrected chi connectivity index (χ0v) is 13.0. The number of hydrogen-bond donors (Lipinski definition) is 0. The van der Waals surface area contributed by atoms with Crippen LogP contribution in [0.4, 0.5) is 0 Å². The first-order valence-electron chi connectivity index (χ1n) is 7.06. The van der Waals surface area contributed by atoms with Crippen molar-refractivity contribution in [3.8, 4) is 0 Å². The van der Waals surface area contributed by atoms with E-state index in [-0.39, 0.29) is 5.41 Å². The van der Waals surface area contributed by atoms with Gasteiger partial charge in [-0.05, 0) is 5.41 Å². The van der Waals surface area contributed by atoms with E-state index in [4.69, 9.17) is 0 Å². The van der Waals surface area contributed by atoms with Gasteiger partial charge < -0.3 is 4.90 Å². The Morgan fingerprint density at radius 1 is 0.889 bits per heavy atom. The van der Waals surface area contributed by atoms with E-state index in [0.29, 0.717) is 17.7 Å². The molecule has 0 aliphatic carbocycles. The van der Waals surface area contributed by atoms with Crippen molar-refractivity contribution in [3.63, 3.8) is 0 Å². The minimum atomic E-state index is -0.206. The normalized spacial score (nSPS) is 20.1. The zero-order valence-electron chi connectivity index (χ0n) is 13.0. The largest absolute Gasteiger partial charge is 0.300 e. The SMILES string of the molecule is CC(C)(C)CN1CCN(CC(=O)C(C)(C)C)CC1. The van der Waals surface area contributed by atoms with E-state index in [0.717, 1.165) is 32.7 Å². The van der Waals surface area contributed by atoms with Crippen LogP contribution >= 0.6 is 0 Å². The minimum absolute atomic E-state index is 0.206. The molecule has 0 spiro atoms. The second-order valence-corrected chi connectivity index (χ2v) is 7.79. The molecule has 0 aromatic rings. The van der Waals surface area contributed by atoms with E-state index >= 15 is 0 Å². The van der Waals surface area contributed by atoms with Crippen molar-refractivity contribution in [2.24, 2.45) is 10.8 Å². The Labute approximate surface area is 113 Å². The summed E-state index contributed by atoms with van der Waals surface area (Å²) in [6.45, 7) is 18.9. The fourth-order valence-corrected chi connectivity index (χ4v) is 2.22. The molecule has 1 rings (SSSR count). The van der Waals surface area contributed by atoms with Crippen LogP contribution in [0.2, 0.25) is 0 Å². The topological polar surface area (TPSA) is 23.6 Å². The maximum absolute atomic E-state index is 12.0. The molecule has 0 radical (unpaired) electrons. The van der Waals surface area contributed by atoms with Gasteiger partial charge in [-0.25, -0.2) is 0 Å². The Hall–Kier alpha value is -0.410. The first-order chi connectivity index (χ1) is 8.08. The van der Waals surface area contributed by atoms with Crippen molar-refractivity contribution in [3.05, 3.63) is 0 Å². The van der Waals surface area contributed by atoms with Crippen molar-refractivity contribution >= 4 is 5.78 Å². The second kappa shape index (κ2) is 5.70. The van der Waals surface area contributed by atoms with Crippen LogP contribution in [-0.4, -0.2) is 54.9 Å². The standard InChI is InChI=1S/C15H30N2O/c1-14(2,3)12-17-9-7-16(8-10-17)11-13(18)15(4,5)6/h7-12H2,1-6H3. The smallest absolute Gasteiger partial charge is 0.152 e. The molecule has 1 saturated heterocycles. The van der Waals surface area contributed by atoms with E-state index < -0.39 is 0 Å². The molecule has 0 bridgehead atoms. The lowest BCUT2D eigenvalue weighted by Crippen LogP contribution is -2.50. The molecule has 1 heterocycles. The average molecular weight is 254 g/mol. The lowest BCUT2D eigenvalue weighted by atomic mass is 9.90. The van der Waals surface area contributed by atoms with Gasteiger partial charge in [-0.3, -0.25) is 9.69 Å². The number of carbonyl (C=O) groups excluding carboxylic acids is 1. The summed E-state index contributed by atoms with van der Waals surface area (Å²) in [5.41, 5.74) is 0.159. The number of ketones is 1. The van der Waals surface area contributed by atoms with E-state index in [2.05, 4.69) is 30.6 Å². The number of nitrogens with zero attached hydrogens (tertiary/aromatic N) is 2. The van der Waals surface area contributed by atoms with Crippen molar-refractivity contribution < 1.29 is 4.79 Å². The summed E-state index contributed by atoms with van der Waals surface area (Å²) in [4.78, 5) is 16.8. The number of hydrogen-bond acceptors (Lipinski definition) is 3. The third-order valence-electron chi connectivity index (χ3n) is 3.37. The quantitative estimate of drug-likeness (QED) is 0.772. The van der Waals surface area contributed by atoms with Crippen molar-refractivity contribution in [2.45, 2.75) is 41.5 Å². The molecule has 0 N–H and O–H groups in total. The minimum Gasteiger partial charge on any atom is -0.300 e. The van der Waals surface area contributed by atoms with E-state index in [1.807, 2.05) is 20.8 Å². The molecular weight excluding hydrogens is 224 g/mol. The highest BCUT2D eigenvalue weighted by molar-refractivity contribution is 5.85. The Kier molecular flexibility index (Phi) is 4.96. The van der Waals surface area contributed by atoms with Gasteiger partial charge in [-0.1, -0.05) is 41.5 Å². The molecule has 0 saturated carbocycles. The second-order valence-electron chi connectivity index (χ2n) is 7.79. The molecule has 1 fully saturated rings. The van der Waals surface area contributed by atoms with Gasteiger partial charge in [-0.2, -0.15) is 0 Å². The summed E-state index contributed by atoms with van der Waals surface area (Å²) in [5, 5.41) is 0. The molecule has 106 valence electrons. The molecule has 0 atom stereocenters. The predicted molar refractivity (Wildman–Crippen MR) is 76.8 cm³/mol. The van der Waals surface area contributed by atoms with Crippen molar-refractivity contribution in [2.75, 3.05) is 39.3 Å². The number of piperazine rings is 1. The predicted octanol–water partition coefficient (Wildman–Crippen LogP) is 2.27. The number of carbonyl (C=O) groups is 1. The Morgan fingerprint density at radius 3 is 1.72 bits per heavy atom. The van der Waals surface area contributed by atoms with Gasteiger partial charge in [0, 0.05) is 38.1 Å². The number of rotatable bonds is 3. The van der Waals surface area contributed by atoms with Crippen LogP contribution in [0, 0.1) is 10.8 Å². The molecule has 0 amide bonds. The van der Waals surface area contributed by atoms with Crippen LogP contribution in [0.1, 0.15) is 41.5 Å². The summed E-state index contributed by atoms with van der Waals surface area (Å²) in [6, 6.07) is 0. The Morgan fingerprint density at radius 2 is 1.33 bits per heavy atom. The Bertz CT molecular complexity index is 278. The highest BCUT2D eigenvalue weighted by Gasteiger charge is 2.26. The van der Waals surface area contributed by atoms with Gasteiger partial charge in [-0.15, -0.1) is 0 Å². The fourth-order valence-electron chi connectivity index (χ4n) is 2.22. The van der Waals surface area contributed by atoms with Crippen molar-refractivity contribution in [1.29, 1.82) is 0 Å². The molecular formula is C15H30N2O. The summed E-state index contributed by atoms with van der Waals surface area (Å²) in [7, 11) is 0. The van der Waals surface area contributed by atoms with Crippen molar-refractivity contribution in [1.82, 2.24) is 9.80 Å². The Balaban J connectivity index is 2.34. The molecule has 0 aromatic heterocycles. The van der Waals surface area contributed by atoms with Gasteiger partial charge in [0.15, 0.2) is 5.78 Å². The molecule has 1 aliphatic rings. The molecule has 3 nitrogen and oxygen atoms in total. The van der Waals surface area contributed by atoms with Crippen LogP contribution in [-0.2, 0) is 4.79 Å². The van der Waals surface area contributed by atoms with Crippen LogP contribution in [0.15, 0.2) is 0 Å². The summed E-state index contributed by atoms with van der Waals surface area (Å²) < 4.78 is 0.